The smallest absolute Gasteiger partial charge is 0.141 e. The van der Waals surface area contributed by atoms with E-state index in [-0.39, 0.29) is 11.6 Å². The summed E-state index contributed by atoms with van der Waals surface area (Å²) in [6.45, 7) is 7.19. The predicted octanol–water partition coefficient (Wildman–Crippen LogP) is 1.66. The molecule has 0 aromatic carbocycles. The maximum Gasteiger partial charge on any atom is 0.141 e. The van der Waals surface area contributed by atoms with Crippen molar-refractivity contribution >= 4 is 0 Å². The summed E-state index contributed by atoms with van der Waals surface area (Å²) < 4.78 is 5.41. The first-order valence-electron chi connectivity index (χ1n) is 5.73. The number of rotatable bonds is 7. The van der Waals surface area contributed by atoms with Gasteiger partial charge in [0.25, 0.3) is 0 Å². The van der Waals surface area contributed by atoms with Gasteiger partial charge in [0, 0.05) is 7.11 Å². The Kier molecular flexibility index (Phi) is 4.89. The van der Waals surface area contributed by atoms with E-state index in [2.05, 4.69) is 41.3 Å². The Labute approximate surface area is 97.0 Å². The number of nitrogens with one attached hydrogen (secondary N) is 2. The van der Waals surface area contributed by atoms with Crippen LogP contribution < -0.4 is 5.32 Å². The fourth-order valence-corrected chi connectivity index (χ4v) is 1.56. The molecule has 92 valence electrons. The van der Waals surface area contributed by atoms with Crippen LogP contribution in [0.4, 0.5) is 0 Å². The second-order valence-corrected chi connectivity index (χ2v) is 4.48. The molecule has 1 atom stereocenters. The normalized spacial score (nSPS) is 14.0. The summed E-state index contributed by atoms with van der Waals surface area (Å²) in [4.78, 5) is 4.19. The number of ether oxygens (including phenoxy) is 1. The van der Waals surface area contributed by atoms with Crippen molar-refractivity contribution < 1.29 is 4.74 Å². The number of aromatic nitrogens is 3. The monoisotopic (exact) mass is 226 g/mol. The number of H-pyrrole nitrogens is 1. The lowest BCUT2D eigenvalue weighted by Crippen LogP contribution is -2.28. The summed E-state index contributed by atoms with van der Waals surface area (Å²) in [5.74, 6) is 0.897. The van der Waals surface area contributed by atoms with E-state index in [0.29, 0.717) is 0 Å². The molecule has 0 amide bonds. The summed E-state index contributed by atoms with van der Waals surface area (Å²) in [5.41, 5.74) is -0.0896. The molecule has 0 aliphatic heterocycles. The van der Waals surface area contributed by atoms with Crippen LogP contribution in [0.15, 0.2) is 6.33 Å². The highest BCUT2D eigenvalue weighted by atomic mass is 16.5. The van der Waals surface area contributed by atoms with E-state index in [1.165, 1.54) is 0 Å². The van der Waals surface area contributed by atoms with Gasteiger partial charge in [0.15, 0.2) is 0 Å². The molecule has 0 radical (unpaired) electrons. The van der Waals surface area contributed by atoms with E-state index in [1.54, 1.807) is 13.4 Å². The molecule has 0 spiro atoms. The van der Waals surface area contributed by atoms with Crippen LogP contribution in [0, 0.1) is 0 Å². The van der Waals surface area contributed by atoms with Crippen molar-refractivity contribution in [1.29, 1.82) is 0 Å². The van der Waals surface area contributed by atoms with Crippen LogP contribution in [0.5, 0.6) is 0 Å². The Hall–Kier alpha value is -0.940. The Morgan fingerprint density at radius 2 is 2.31 bits per heavy atom. The van der Waals surface area contributed by atoms with Crippen molar-refractivity contribution in [2.45, 2.75) is 45.3 Å². The lowest BCUT2D eigenvalue weighted by molar-refractivity contribution is 0.0115. The molecule has 5 nitrogen and oxygen atoms in total. The molecule has 2 N–H and O–H groups in total. The second kappa shape index (κ2) is 5.96. The highest BCUT2D eigenvalue weighted by Crippen LogP contribution is 2.22. The van der Waals surface area contributed by atoms with Crippen LogP contribution >= 0.6 is 0 Å². The largest absolute Gasteiger partial charge is 0.379 e. The molecule has 1 aromatic heterocycles. The van der Waals surface area contributed by atoms with Crippen molar-refractivity contribution in [3.8, 4) is 0 Å². The Morgan fingerprint density at radius 3 is 2.81 bits per heavy atom. The van der Waals surface area contributed by atoms with Gasteiger partial charge < -0.3 is 10.1 Å². The van der Waals surface area contributed by atoms with Crippen LogP contribution in [-0.4, -0.2) is 34.4 Å². The van der Waals surface area contributed by atoms with E-state index in [0.717, 1.165) is 25.2 Å². The highest BCUT2D eigenvalue weighted by Gasteiger charge is 2.21. The second-order valence-electron chi connectivity index (χ2n) is 4.48. The molecule has 0 fully saturated rings. The number of aromatic amines is 1. The average Bonchev–Trinajstić information content (AvgIpc) is 2.77. The van der Waals surface area contributed by atoms with E-state index in [9.17, 15) is 0 Å². The summed E-state index contributed by atoms with van der Waals surface area (Å²) in [6, 6.07) is 0.224. The minimum absolute atomic E-state index is 0.0896. The molecular formula is C11H22N4O. The first-order valence-corrected chi connectivity index (χ1v) is 5.73. The average molecular weight is 226 g/mol. The minimum atomic E-state index is -0.0896. The third kappa shape index (κ3) is 3.90. The van der Waals surface area contributed by atoms with E-state index in [1.807, 2.05) is 0 Å². The number of hydrogen-bond acceptors (Lipinski definition) is 4. The Morgan fingerprint density at radius 1 is 1.56 bits per heavy atom. The van der Waals surface area contributed by atoms with Crippen molar-refractivity contribution in [2.75, 3.05) is 13.7 Å². The Bertz CT molecular complexity index is 284. The predicted molar refractivity (Wildman–Crippen MR) is 63.1 cm³/mol. The number of hydrogen-bond donors (Lipinski definition) is 2. The summed E-state index contributed by atoms with van der Waals surface area (Å²) in [6.07, 6.45) is 3.49. The van der Waals surface area contributed by atoms with Gasteiger partial charge in [-0.05, 0) is 33.2 Å². The maximum absolute atomic E-state index is 5.41. The molecular weight excluding hydrogens is 204 g/mol. The van der Waals surface area contributed by atoms with Crippen molar-refractivity contribution in [3.63, 3.8) is 0 Å². The molecule has 0 saturated heterocycles. The SMILES string of the molecule is CCNC(CCC(C)(C)OC)c1ncn[nH]1. The first kappa shape index (κ1) is 13.1. The molecule has 5 heteroatoms. The van der Waals surface area contributed by atoms with Gasteiger partial charge in [-0.15, -0.1) is 0 Å². The van der Waals surface area contributed by atoms with Gasteiger partial charge in [-0.3, -0.25) is 5.10 Å². The van der Waals surface area contributed by atoms with Gasteiger partial charge in [0.05, 0.1) is 11.6 Å². The third-order valence-corrected chi connectivity index (χ3v) is 2.80. The first-order chi connectivity index (χ1) is 7.59. The molecule has 1 rings (SSSR count). The van der Waals surface area contributed by atoms with E-state index >= 15 is 0 Å². The van der Waals surface area contributed by atoms with Gasteiger partial charge in [-0.1, -0.05) is 6.92 Å². The summed E-state index contributed by atoms with van der Waals surface area (Å²) >= 11 is 0. The van der Waals surface area contributed by atoms with Crippen LogP contribution in [0.25, 0.3) is 0 Å². The fourth-order valence-electron chi connectivity index (χ4n) is 1.56. The van der Waals surface area contributed by atoms with Gasteiger partial charge in [-0.25, -0.2) is 4.98 Å². The standard InChI is InChI=1S/C11H22N4O/c1-5-12-9(10-13-8-14-15-10)6-7-11(2,3)16-4/h8-9,12H,5-7H2,1-4H3,(H,13,14,15). The van der Waals surface area contributed by atoms with Gasteiger partial charge >= 0.3 is 0 Å². The van der Waals surface area contributed by atoms with Gasteiger partial charge in [0.2, 0.25) is 0 Å². The summed E-state index contributed by atoms with van der Waals surface area (Å²) in [7, 11) is 1.75. The fraction of sp³-hybridized carbons (Fsp3) is 0.818. The lowest BCUT2D eigenvalue weighted by atomic mass is 9.98. The lowest BCUT2D eigenvalue weighted by Gasteiger charge is -2.25. The highest BCUT2D eigenvalue weighted by molar-refractivity contribution is 4.92. The Balaban J connectivity index is 2.53. The van der Waals surface area contributed by atoms with Crippen molar-refractivity contribution in [1.82, 2.24) is 20.5 Å². The molecule has 1 unspecified atom stereocenters. The van der Waals surface area contributed by atoms with Crippen molar-refractivity contribution in [3.05, 3.63) is 12.2 Å². The zero-order valence-electron chi connectivity index (χ0n) is 10.6. The molecule has 0 aliphatic carbocycles. The van der Waals surface area contributed by atoms with Gasteiger partial charge in [0.1, 0.15) is 12.2 Å². The molecule has 1 heterocycles. The van der Waals surface area contributed by atoms with E-state index < -0.39 is 0 Å². The van der Waals surface area contributed by atoms with Crippen LogP contribution in [0.3, 0.4) is 0 Å². The zero-order valence-corrected chi connectivity index (χ0v) is 10.6. The quantitative estimate of drug-likeness (QED) is 0.742. The molecule has 0 saturated carbocycles. The molecule has 1 aromatic rings. The van der Waals surface area contributed by atoms with Crippen LogP contribution in [-0.2, 0) is 4.74 Å². The molecule has 16 heavy (non-hydrogen) atoms. The van der Waals surface area contributed by atoms with Gasteiger partial charge in [-0.2, -0.15) is 5.10 Å². The van der Waals surface area contributed by atoms with Crippen molar-refractivity contribution in [2.24, 2.45) is 0 Å². The molecule has 0 aliphatic rings. The van der Waals surface area contributed by atoms with Crippen LogP contribution in [0.2, 0.25) is 0 Å². The summed E-state index contributed by atoms with van der Waals surface area (Å²) in [5, 5.41) is 10.2. The van der Waals surface area contributed by atoms with E-state index in [4.69, 9.17) is 4.74 Å². The molecule has 0 bridgehead atoms. The zero-order chi connectivity index (χ0) is 12.0. The minimum Gasteiger partial charge on any atom is -0.379 e. The topological polar surface area (TPSA) is 62.8 Å². The number of methoxy groups -OCH3 is 1. The maximum atomic E-state index is 5.41. The third-order valence-electron chi connectivity index (χ3n) is 2.80. The van der Waals surface area contributed by atoms with Crippen LogP contribution in [0.1, 0.15) is 45.5 Å². The number of nitrogens with zero attached hydrogens (tertiary/aromatic N) is 2.